The molecule has 2 bridgehead atoms. The van der Waals surface area contributed by atoms with Gasteiger partial charge < -0.3 is 0 Å². The van der Waals surface area contributed by atoms with E-state index in [1.54, 1.807) is 22.5 Å². The summed E-state index contributed by atoms with van der Waals surface area (Å²) in [5, 5.41) is 1.88. The van der Waals surface area contributed by atoms with Crippen LogP contribution in [-0.2, 0) is 0 Å². The topological polar surface area (TPSA) is 9.72 Å². The molecule has 3 aliphatic rings. The van der Waals surface area contributed by atoms with Gasteiger partial charge in [0.25, 0.3) is 0 Å². The Morgan fingerprint density at radius 2 is 1.39 bits per heavy atom. The van der Waals surface area contributed by atoms with E-state index in [0.29, 0.717) is 11.8 Å². The van der Waals surface area contributed by atoms with Crippen LogP contribution in [0.5, 0.6) is 0 Å². The van der Waals surface area contributed by atoms with E-state index in [0.717, 1.165) is 21.5 Å². The Bertz CT molecular complexity index is 1090. The van der Waals surface area contributed by atoms with Crippen molar-refractivity contribution < 1.29 is 0 Å². The van der Waals surface area contributed by atoms with Gasteiger partial charge in [0, 0.05) is 0 Å². The molecule has 1 heterocycles. The van der Waals surface area contributed by atoms with Crippen LogP contribution in [0.2, 0.25) is 38.4 Å². The van der Waals surface area contributed by atoms with Crippen molar-refractivity contribution in [3.05, 3.63) is 40.3 Å². The summed E-state index contributed by atoms with van der Waals surface area (Å²) in [6, 6.07) is 8.60. The van der Waals surface area contributed by atoms with Crippen LogP contribution in [0, 0.1) is 11.8 Å². The molecule has 1 aliphatic heterocycles. The van der Waals surface area contributed by atoms with Crippen LogP contribution in [-0.4, -0.2) is 56.2 Å². The predicted octanol–water partition coefficient (Wildman–Crippen LogP) is 11.0. The van der Waals surface area contributed by atoms with Gasteiger partial charge in [-0.05, 0) is 0 Å². The molecule has 3 nitrogen and oxygen atoms in total. The number of hydrogen-bond acceptors (Lipinski definition) is 3. The second-order valence-corrected chi connectivity index (χ2v) is 41.2. The van der Waals surface area contributed by atoms with E-state index in [-0.39, 0.29) is 11.1 Å². The van der Waals surface area contributed by atoms with Crippen LogP contribution in [0.15, 0.2) is 29.2 Å². The van der Waals surface area contributed by atoms with Crippen molar-refractivity contribution in [2.24, 2.45) is 11.8 Å². The number of fused-ring (bicyclic) bond motifs is 2. The maximum absolute atomic E-state index is 3.07. The van der Waals surface area contributed by atoms with Gasteiger partial charge in [-0.2, -0.15) is 0 Å². The average molecular weight is 719 g/mol. The van der Waals surface area contributed by atoms with Crippen LogP contribution in [0.1, 0.15) is 111 Å². The Balaban J connectivity index is 1.98. The van der Waals surface area contributed by atoms with Gasteiger partial charge in [-0.15, -0.1) is 0 Å². The van der Waals surface area contributed by atoms with Gasteiger partial charge in [-0.1, -0.05) is 0 Å². The number of allylic oxidation sites excluding steroid dienone is 2. The molecule has 1 aromatic rings. The fourth-order valence-electron chi connectivity index (χ4n) is 8.09. The first kappa shape index (κ1) is 34.2. The van der Waals surface area contributed by atoms with E-state index < -0.39 is 35.0 Å². The van der Waals surface area contributed by atoms with Crippen LogP contribution >= 0.6 is 8.22 Å². The molecule has 2 atom stereocenters. The first-order valence-electron chi connectivity index (χ1n) is 16.5. The monoisotopic (exact) mass is 719 g/mol. The molecule has 41 heavy (non-hydrogen) atoms. The van der Waals surface area contributed by atoms with E-state index >= 15 is 0 Å². The van der Waals surface area contributed by atoms with Gasteiger partial charge in [-0.3, -0.25) is 0 Å². The Morgan fingerprint density at radius 3 is 1.83 bits per heavy atom. The van der Waals surface area contributed by atoms with Crippen molar-refractivity contribution in [2.45, 2.75) is 150 Å². The summed E-state index contributed by atoms with van der Waals surface area (Å²) in [5.41, 5.74) is 6.89. The SMILES string of the molecule is CC(C)c1cccc(C(C)C)c1N([Si]C[CH2][Sn]([CH3])([CH3])[CH3])C1=C(P2N(C(C)(C)C)[Si](C)(C)N2C(C)(C)C)C2CCC1C2. The van der Waals surface area contributed by atoms with Crippen LogP contribution in [0.4, 0.5) is 5.69 Å². The summed E-state index contributed by atoms with van der Waals surface area (Å²) in [6.45, 7) is 29.9. The third kappa shape index (κ3) is 6.66. The van der Waals surface area contributed by atoms with Crippen molar-refractivity contribution >= 4 is 50.4 Å². The molecule has 7 heteroatoms. The molecule has 230 valence electrons. The number of para-hydroxylation sites is 1. The first-order valence-corrected chi connectivity index (χ1v) is 32.4. The predicted molar refractivity (Wildman–Crippen MR) is 191 cm³/mol. The maximum atomic E-state index is 3.07. The molecule has 0 amide bonds. The molecular formula is C34H62N3PSi2Sn. The Kier molecular flexibility index (Phi) is 9.96. The normalized spacial score (nSPS) is 24.2. The van der Waals surface area contributed by atoms with Gasteiger partial charge in [0.2, 0.25) is 0 Å². The van der Waals surface area contributed by atoms with Gasteiger partial charge in [-0.25, -0.2) is 0 Å². The van der Waals surface area contributed by atoms with Crippen LogP contribution < -0.4 is 4.57 Å². The summed E-state index contributed by atoms with van der Waals surface area (Å²) in [6.07, 6.45) is 4.18. The van der Waals surface area contributed by atoms with Gasteiger partial charge in [0.15, 0.2) is 0 Å². The molecule has 0 N–H and O–H groups in total. The second-order valence-electron chi connectivity index (χ2n) is 17.4. The quantitative estimate of drug-likeness (QED) is 0.186. The van der Waals surface area contributed by atoms with Crippen molar-refractivity contribution in [2.75, 3.05) is 4.57 Å². The van der Waals surface area contributed by atoms with Crippen molar-refractivity contribution in [3.8, 4) is 0 Å². The molecular weight excluding hydrogens is 656 g/mol. The summed E-state index contributed by atoms with van der Waals surface area (Å²) in [7, 11) is -1.35. The van der Waals surface area contributed by atoms with E-state index in [9.17, 15) is 0 Å². The van der Waals surface area contributed by atoms with Crippen molar-refractivity contribution in [3.63, 3.8) is 0 Å². The third-order valence-electron chi connectivity index (χ3n) is 9.32. The van der Waals surface area contributed by atoms with Crippen molar-refractivity contribution in [1.29, 1.82) is 0 Å². The fraction of sp³-hybridized carbons (Fsp3) is 0.765. The molecule has 1 aromatic carbocycles. The standard InChI is InChI=1S/C31H53N3PSi2.3CH3.Sn/c1-14-36-32(28-25(21(2)3)16-15-17-26(28)22(4)5)27-23-18-19-24(20-23)29(27)35-33(30(6,7)8)37(12,13)34(35)31(9,10)11;;;;/h15-17,21-24H,1,14,18-20H2,2-13H3;3*1H3;. The van der Waals surface area contributed by atoms with Crippen LogP contribution in [0.3, 0.4) is 0 Å². The number of benzene rings is 1. The molecule has 0 spiro atoms. The number of rotatable bonds is 9. The van der Waals surface area contributed by atoms with E-state index in [2.05, 4.69) is 129 Å². The minimum atomic E-state index is -1.88. The first-order chi connectivity index (χ1) is 18.7. The zero-order valence-corrected chi connectivity index (χ0v) is 35.1. The number of anilines is 1. The zero-order valence-electron chi connectivity index (χ0n) is 29.4. The van der Waals surface area contributed by atoms with Crippen LogP contribution in [0.25, 0.3) is 0 Å². The number of nitrogens with zero attached hydrogens (tertiary/aromatic N) is 3. The third-order valence-corrected chi connectivity index (χ3v) is 27.5. The van der Waals surface area contributed by atoms with Gasteiger partial charge in [0.05, 0.1) is 0 Å². The molecule has 2 radical (unpaired) electrons. The average Bonchev–Trinajstić information content (AvgIpc) is 3.39. The molecule has 2 aliphatic carbocycles. The Morgan fingerprint density at radius 1 is 0.902 bits per heavy atom. The Labute approximate surface area is 264 Å². The fourth-order valence-corrected chi connectivity index (χ4v) is 28.6. The summed E-state index contributed by atoms with van der Waals surface area (Å²) in [5.74, 6) is 2.55. The van der Waals surface area contributed by atoms with Crippen molar-refractivity contribution in [1.82, 2.24) is 8.67 Å². The minimum absolute atomic E-state index is 0.190. The molecule has 1 saturated carbocycles. The summed E-state index contributed by atoms with van der Waals surface area (Å²) in [4.78, 5) is 7.88. The zero-order chi connectivity index (χ0) is 30.9. The van der Waals surface area contributed by atoms with E-state index in [4.69, 9.17) is 0 Å². The summed E-state index contributed by atoms with van der Waals surface area (Å²) >= 11 is -1.88. The Hall–Kier alpha value is 0.342. The molecule has 2 fully saturated rings. The van der Waals surface area contributed by atoms with E-state index in [1.165, 1.54) is 29.7 Å². The second kappa shape index (κ2) is 11.9. The molecule has 0 aromatic heterocycles. The molecule has 1 saturated heterocycles. The molecule has 2 unspecified atom stereocenters. The summed E-state index contributed by atoms with van der Waals surface area (Å²) < 4.78 is 10.6. The van der Waals surface area contributed by atoms with E-state index in [1.807, 2.05) is 5.31 Å². The van der Waals surface area contributed by atoms with Gasteiger partial charge in [0.1, 0.15) is 0 Å². The van der Waals surface area contributed by atoms with Gasteiger partial charge >= 0.3 is 266 Å². The number of hydrogen-bond donors (Lipinski definition) is 0. The molecule has 4 rings (SSSR count).